The van der Waals surface area contributed by atoms with Crippen LogP contribution in [-0.2, 0) is 4.79 Å². The average Bonchev–Trinajstić information content (AvgIpc) is 3.46. The molecule has 0 saturated heterocycles. The first-order valence-electron chi connectivity index (χ1n) is 9.75. The Labute approximate surface area is 173 Å². The van der Waals surface area contributed by atoms with Crippen molar-refractivity contribution in [1.29, 1.82) is 0 Å². The number of rotatable bonds is 7. The number of carbonyl (C=O) groups excluding carboxylic acids is 1. The van der Waals surface area contributed by atoms with Gasteiger partial charge in [0.15, 0.2) is 11.0 Å². The summed E-state index contributed by atoms with van der Waals surface area (Å²) in [6.07, 6.45) is 2.03. The maximum atomic E-state index is 14.2. The second kappa shape index (κ2) is 8.37. The highest BCUT2D eigenvalue weighted by molar-refractivity contribution is 7.99. The number of amides is 1. The summed E-state index contributed by atoms with van der Waals surface area (Å²) >= 11 is 1.33. The third-order valence-electron chi connectivity index (χ3n) is 4.86. The molecule has 29 heavy (non-hydrogen) atoms. The zero-order valence-electron chi connectivity index (χ0n) is 16.4. The van der Waals surface area contributed by atoms with E-state index in [9.17, 15) is 9.18 Å². The van der Waals surface area contributed by atoms with Crippen molar-refractivity contribution in [3.05, 3.63) is 59.9 Å². The van der Waals surface area contributed by atoms with Crippen LogP contribution in [-0.4, -0.2) is 26.4 Å². The monoisotopic (exact) mass is 410 g/mol. The smallest absolute Gasteiger partial charge is 0.234 e. The molecule has 1 aliphatic carbocycles. The number of anilines is 1. The van der Waals surface area contributed by atoms with Crippen molar-refractivity contribution in [2.75, 3.05) is 11.1 Å². The summed E-state index contributed by atoms with van der Waals surface area (Å²) < 4.78 is 16.2. The summed E-state index contributed by atoms with van der Waals surface area (Å²) in [6.45, 7) is 4.24. The molecule has 0 atom stereocenters. The van der Waals surface area contributed by atoms with Crippen LogP contribution >= 0.6 is 11.8 Å². The maximum Gasteiger partial charge on any atom is 0.234 e. The Bertz CT molecular complexity index is 1030. The molecule has 0 spiro atoms. The van der Waals surface area contributed by atoms with E-state index in [0.29, 0.717) is 22.5 Å². The molecule has 1 heterocycles. The number of benzene rings is 2. The van der Waals surface area contributed by atoms with Crippen LogP contribution in [0.1, 0.15) is 44.2 Å². The van der Waals surface area contributed by atoms with Gasteiger partial charge >= 0.3 is 0 Å². The average molecular weight is 411 g/mol. The number of halogens is 1. The van der Waals surface area contributed by atoms with Crippen molar-refractivity contribution in [2.24, 2.45) is 0 Å². The van der Waals surface area contributed by atoms with E-state index in [1.807, 2.05) is 22.8 Å². The Kier molecular flexibility index (Phi) is 5.67. The van der Waals surface area contributed by atoms with Crippen molar-refractivity contribution < 1.29 is 9.18 Å². The second-order valence-electron chi connectivity index (χ2n) is 7.50. The molecule has 1 aromatic heterocycles. The van der Waals surface area contributed by atoms with Crippen LogP contribution in [0.3, 0.4) is 0 Å². The van der Waals surface area contributed by atoms with Gasteiger partial charge in [-0.2, -0.15) is 0 Å². The molecule has 1 amide bonds. The van der Waals surface area contributed by atoms with Crippen molar-refractivity contribution in [3.8, 4) is 11.4 Å². The maximum absolute atomic E-state index is 14.2. The third kappa shape index (κ3) is 4.50. The van der Waals surface area contributed by atoms with Crippen molar-refractivity contribution in [1.82, 2.24) is 14.8 Å². The van der Waals surface area contributed by atoms with Gasteiger partial charge in [-0.15, -0.1) is 10.2 Å². The first-order valence-corrected chi connectivity index (χ1v) is 10.7. The van der Waals surface area contributed by atoms with E-state index in [4.69, 9.17) is 0 Å². The minimum Gasteiger partial charge on any atom is -0.325 e. The predicted octanol–water partition coefficient (Wildman–Crippen LogP) is 5.27. The van der Waals surface area contributed by atoms with Crippen LogP contribution in [0.25, 0.3) is 11.4 Å². The van der Waals surface area contributed by atoms with Crippen LogP contribution in [0.2, 0.25) is 0 Å². The summed E-state index contributed by atoms with van der Waals surface area (Å²) in [7, 11) is 0. The lowest BCUT2D eigenvalue weighted by molar-refractivity contribution is -0.113. The number of hydrogen-bond donors (Lipinski definition) is 1. The molecule has 0 bridgehead atoms. The molecule has 4 rings (SSSR count). The van der Waals surface area contributed by atoms with Crippen LogP contribution < -0.4 is 5.32 Å². The minimum atomic E-state index is -0.318. The van der Waals surface area contributed by atoms with Crippen molar-refractivity contribution in [2.45, 2.75) is 43.8 Å². The number of nitrogens with zero attached hydrogens (tertiary/aromatic N) is 3. The SMILES string of the molecule is CC(C)c1cccc(NC(=O)CSc2nnc(-c3ccccc3F)n2C2CC2)c1. The normalized spacial score (nSPS) is 13.7. The van der Waals surface area contributed by atoms with Crippen LogP contribution in [0.15, 0.2) is 53.7 Å². The molecule has 1 fully saturated rings. The number of hydrogen-bond acceptors (Lipinski definition) is 4. The Hall–Kier alpha value is -2.67. The number of aromatic nitrogens is 3. The zero-order chi connectivity index (χ0) is 20.4. The van der Waals surface area contributed by atoms with Gasteiger partial charge < -0.3 is 5.32 Å². The van der Waals surface area contributed by atoms with Crippen LogP contribution in [0.5, 0.6) is 0 Å². The Morgan fingerprint density at radius 3 is 2.72 bits per heavy atom. The molecule has 0 radical (unpaired) electrons. The first kappa shape index (κ1) is 19.6. The molecule has 7 heteroatoms. The van der Waals surface area contributed by atoms with Gasteiger partial charge in [0.2, 0.25) is 5.91 Å². The molecule has 1 N–H and O–H groups in total. The summed E-state index contributed by atoms with van der Waals surface area (Å²) in [5.41, 5.74) is 2.41. The Balaban J connectivity index is 1.47. The lowest BCUT2D eigenvalue weighted by atomic mass is 10.0. The lowest BCUT2D eigenvalue weighted by Crippen LogP contribution is -2.15. The minimum absolute atomic E-state index is 0.103. The molecular formula is C22H23FN4OS. The van der Waals surface area contributed by atoms with Crippen molar-refractivity contribution >= 4 is 23.4 Å². The summed E-state index contributed by atoms with van der Waals surface area (Å²) in [6, 6.07) is 14.7. The standard InChI is InChI=1S/C22H23FN4OS/c1-14(2)15-6-5-7-16(12-15)24-20(28)13-29-22-26-25-21(27(22)17-10-11-17)18-8-3-4-9-19(18)23/h3-9,12,14,17H,10-11,13H2,1-2H3,(H,24,28). The number of nitrogens with one attached hydrogen (secondary N) is 1. The number of carbonyl (C=O) groups is 1. The highest BCUT2D eigenvalue weighted by atomic mass is 32.2. The molecule has 0 aliphatic heterocycles. The van der Waals surface area contributed by atoms with Gasteiger partial charge in [0.1, 0.15) is 5.82 Å². The highest BCUT2D eigenvalue weighted by Crippen LogP contribution is 2.41. The van der Waals surface area contributed by atoms with Gasteiger partial charge in [-0.1, -0.05) is 49.9 Å². The molecule has 3 aromatic rings. The van der Waals surface area contributed by atoms with Gasteiger partial charge in [0.25, 0.3) is 0 Å². The van der Waals surface area contributed by atoms with E-state index in [0.717, 1.165) is 18.5 Å². The van der Waals surface area contributed by atoms with Gasteiger partial charge in [-0.3, -0.25) is 9.36 Å². The summed E-state index contributed by atoms with van der Waals surface area (Å²) in [5.74, 6) is 0.719. The second-order valence-corrected chi connectivity index (χ2v) is 8.45. The molecule has 0 unspecified atom stereocenters. The van der Waals surface area contributed by atoms with Gasteiger partial charge in [0, 0.05) is 11.7 Å². The van der Waals surface area contributed by atoms with E-state index < -0.39 is 0 Å². The highest BCUT2D eigenvalue weighted by Gasteiger charge is 2.31. The molecule has 2 aromatic carbocycles. The molecular weight excluding hydrogens is 387 g/mol. The molecule has 150 valence electrons. The fourth-order valence-corrected chi connectivity index (χ4v) is 3.97. The fourth-order valence-electron chi connectivity index (χ4n) is 3.17. The van der Waals surface area contributed by atoms with E-state index >= 15 is 0 Å². The predicted molar refractivity (Wildman–Crippen MR) is 114 cm³/mol. The zero-order valence-corrected chi connectivity index (χ0v) is 17.2. The van der Waals surface area contributed by atoms with Crippen LogP contribution in [0, 0.1) is 5.82 Å². The van der Waals surface area contributed by atoms with E-state index in [-0.39, 0.29) is 23.5 Å². The van der Waals surface area contributed by atoms with Crippen LogP contribution in [0.4, 0.5) is 10.1 Å². The first-order chi connectivity index (χ1) is 14.0. The Morgan fingerprint density at radius 2 is 2.00 bits per heavy atom. The van der Waals surface area contributed by atoms with Gasteiger partial charge in [-0.05, 0) is 48.6 Å². The summed E-state index contributed by atoms with van der Waals surface area (Å²) in [4.78, 5) is 12.4. The van der Waals surface area contributed by atoms with Gasteiger partial charge in [0.05, 0.1) is 11.3 Å². The largest absolute Gasteiger partial charge is 0.325 e. The van der Waals surface area contributed by atoms with E-state index in [2.05, 4.69) is 35.4 Å². The summed E-state index contributed by atoms with van der Waals surface area (Å²) in [5, 5.41) is 12.1. The molecule has 5 nitrogen and oxygen atoms in total. The lowest BCUT2D eigenvalue weighted by Gasteiger charge is -2.11. The van der Waals surface area contributed by atoms with Gasteiger partial charge in [-0.25, -0.2) is 4.39 Å². The number of thioether (sulfide) groups is 1. The quantitative estimate of drug-likeness (QED) is 0.539. The topological polar surface area (TPSA) is 59.8 Å². The van der Waals surface area contributed by atoms with E-state index in [1.165, 1.54) is 23.4 Å². The van der Waals surface area contributed by atoms with Crippen molar-refractivity contribution in [3.63, 3.8) is 0 Å². The fraction of sp³-hybridized carbons (Fsp3) is 0.318. The third-order valence-corrected chi connectivity index (χ3v) is 5.80. The molecule has 1 saturated carbocycles. The molecule has 1 aliphatic rings. The van der Waals surface area contributed by atoms with E-state index in [1.54, 1.807) is 18.2 Å². The Morgan fingerprint density at radius 1 is 1.21 bits per heavy atom.